The van der Waals surface area contributed by atoms with E-state index in [-0.39, 0.29) is 36.8 Å². The quantitative estimate of drug-likeness (QED) is 0.436. The van der Waals surface area contributed by atoms with Crippen LogP contribution in [0.15, 0.2) is 72.8 Å². The first-order chi connectivity index (χ1) is 19.0. The van der Waals surface area contributed by atoms with Crippen LogP contribution in [0.25, 0.3) is 0 Å². The molecule has 2 aliphatic rings. The predicted molar refractivity (Wildman–Crippen MR) is 146 cm³/mol. The molecule has 0 spiro atoms. The lowest BCUT2D eigenvalue weighted by atomic mass is 9.94. The molecule has 8 nitrogen and oxygen atoms in total. The Morgan fingerprint density at radius 3 is 2.36 bits per heavy atom. The van der Waals surface area contributed by atoms with Gasteiger partial charge in [0.25, 0.3) is 5.91 Å². The van der Waals surface area contributed by atoms with E-state index in [1.807, 2.05) is 36.4 Å². The molecule has 2 amide bonds. The molecule has 1 fully saturated rings. The molecule has 39 heavy (non-hydrogen) atoms. The van der Waals surface area contributed by atoms with Crippen LogP contribution in [0, 0.1) is 0 Å². The highest BCUT2D eigenvalue weighted by atomic mass is 16.6. The van der Waals surface area contributed by atoms with Gasteiger partial charge in [-0.2, -0.15) is 0 Å². The second-order valence-electron chi connectivity index (χ2n) is 10.0. The van der Waals surface area contributed by atoms with Gasteiger partial charge < -0.3 is 29.5 Å². The van der Waals surface area contributed by atoms with Crippen molar-refractivity contribution in [2.24, 2.45) is 0 Å². The molecule has 0 aromatic heterocycles. The zero-order chi connectivity index (χ0) is 27.2. The van der Waals surface area contributed by atoms with E-state index in [2.05, 4.69) is 5.32 Å². The third kappa shape index (κ3) is 6.28. The Morgan fingerprint density at radius 2 is 1.67 bits per heavy atom. The number of benzene rings is 3. The Morgan fingerprint density at radius 1 is 0.974 bits per heavy atom. The lowest BCUT2D eigenvalue weighted by molar-refractivity contribution is -0.149. The van der Waals surface area contributed by atoms with Gasteiger partial charge in [-0.15, -0.1) is 0 Å². The number of nitrogens with one attached hydrogen (secondary N) is 1. The SMILES string of the molecule is COc1ccc(CN(C(=O)C2COc3ccccc3O2)C(C(=O)NC2CCCCC2)c2ccc(O)cc2)cc1. The largest absolute Gasteiger partial charge is 0.508 e. The number of hydrogen-bond donors (Lipinski definition) is 2. The van der Waals surface area contributed by atoms with E-state index in [4.69, 9.17) is 14.2 Å². The van der Waals surface area contributed by atoms with Crippen molar-refractivity contribution in [2.45, 2.75) is 56.8 Å². The van der Waals surface area contributed by atoms with Crippen LogP contribution in [0.3, 0.4) is 0 Å². The summed E-state index contributed by atoms with van der Waals surface area (Å²) in [7, 11) is 1.60. The molecule has 1 saturated carbocycles. The normalized spacial score (nSPS) is 17.6. The van der Waals surface area contributed by atoms with E-state index in [9.17, 15) is 14.7 Å². The topological polar surface area (TPSA) is 97.3 Å². The molecule has 1 aliphatic heterocycles. The van der Waals surface area contributed by atoms with E-state index in [0.717, 1.165) is 37.7 Å². The van der Waals surface area contributed by atoms with Crippen molar-refractivity contribution in [1.82, 2.24) is 10.2 Å². The molecule has 3 aromatic rings. The van der Waals surface area contributed by atoms with Gasteiger partial charge in [0.2, 0.25) is 12.0 Å². The lowest BCUT2D eigenvalue weighted by Crippen LogP contribution is -2.52. The minimum absolute atomic E-state index is 0.0293. The van der Waals surface area contributed by atoms with Crippen LogP contribution >= 0.6 is 0 Å². The number of fused-ring (bicyclic) bond motifs is 1. The Kier molecular flexibility index (Phi) is 8.20. The molecule has 0 bridgehead atoms. The second-order valence-corrected chi connectivity index (χ2v) is 10.0. The molecular weight excluding hydrogens is 496 g/mol. The van der Waals surface area contributed by atoms with Gasteiger partial charge in [-0.1, -0.05) is 55.7 Å². The first-order valence-electron chi connectivity index (χ1n) is 13.4. The Bertz CT molecular complexity index is 1270. The highest BCUT2D eigenvalue weighted by Crippen LogP contribution is 2.33. The summed E-state index contributed by atoms with van der Waals surface area (Å²) in [6, 6.07) is 20.2. The molecule has 2 N–H and O–H groups in total. The minimum Gasteiger partial charge on any atom is -0.508 e. The first-order valence-corrected chi connectivity index (χ1v) is 13.4. The number of carbonyl (C=O) groups excluding carboxylic acids is 2. The second kappa shape index (κ2) is 12.1. The lowest BCUT2D eigenvalue weighted by Gasteiger charge is -2.36. The van der Waals surface area contributed by atoms with E-state index in [1.54, 1.807) is 36.3 Å². The number of phenolic OH excluding ortho intramolecular Hbond substituents is 1. The maximum atomic E-state index is 14.2. The van der Waals surface area contributed by atoms with Gasteiger partial charge in [-0.05, 0) is 60.4 Å². The van der Waals surface area contributed by atoms with Crippen molar-refractivity contribution >= 4 is 11.8 Å². The van der Waals surface area contributed by atoms with Crippen molar-refractivity contribution in [2.75, 3.05) is 13.7 Å². The molecule has 1 aliphatic carbocycles. The number of para-hydroxylation sites is 2. The van der Waals surface area contributed by atoms with Gasteiger partial charge in [0.15, 0.2) is 11.5 Å². The fourth-order valence-electron chi connectivity index (χ4n) is 5.21. The summed E-state index contributed by atoms with van der Waals surface area (Å²) in [5, 5.41) is 13.1. The molecule has 3 aromatic carbocycles. The maximum absolute atomic E-state index is 14.2. The molecule has 0 radical (unpaired) electrons. The van der Waals surface area contributed by atoms with E-state index in [0.29, 0.717) is 22.8 Å². The van der Waals surface area contributed by atoms with Crippen LogP contribution < -0.4 is 19.5 Å². The third-order valence-electron chi connectivity index (χ3n) is 7.30. The van der Waals surface area contributed by atoms with Crippen molar-refractivity contribution < 1.29 is 28.9 Å². The zero-order valence-corrected chi connectivity index (χ0v) is 22.0. The van der Waals surface area contributed by atoms with Gasteiger partial charge in [-0.3, -0.25) is 9.59 Å². The third-order valence-corrected chi connectivity index (χ3v) is 7.30. The van der Waals surface area contributed by atoms with Crippen LogP contribution in [0.2, 0.25) is 0 Å². The summed E-state index contributed by atoms with van der Waals surface area (Å²) in [5.74, 6) is 1.22. The molecule has 8 heteroatoms. The predicted octanol–water partition coefficient (Wildman–Crippen LogP) is 4.76. The van der Waals surface area contributed by atoms with E-state index < -0.39 is 12.1 Å². The fourth-order valence-corrected chi connectivity index (χ4v) is 5.21. The monoisotopic (exact) mass is 530 g/mol. The zero-order valence-electron chi connectivity index (χ0n) is 22.0. The van der Waals surface area contributed by atoms with Gasteiger partial charge in [0.1, 0.15) is 24.1 Å². The number of methoxy groups -OCH3 is 1. The van der Waals surface area contributed by atoms with Crippen molar-refractivity contribution in [3.05, 3.63) is 83.9 Å². The van der Waals surface area contributed by atoms with Gasteiger partial charge in [0.05, 0.1) is 7.11 Å². The average Bonchev–Trinajstić information content (AvgIpc) is 2.98. The van der Waals surface area contributed by atoms with Crippen molar-refractivity contribution in [3.63, 3.8) is 0 Å². The summed E-state index contributed by atoms with van der Waals surface area (Å²) in [5.41, 5.74) is 1.43. The average molecular weight is 531 g/mol. The van der Waals surface area contributed by atoms with E-state index >= 15 is 0 Å². The van der Waals surface area contributed by atoms with Gasteiger partial charge in [-0.25, -0.2) is 0 Å². The van der Waals surface area contributed by atoms with Crippen LogP contribution in [-0.2, 0) is 16.1 Å². The van der Waals surface area contributed by atoms with Crippen LogP contribution in [-0.4, -0.2) is 47.7 Å². The summed E-state index contributed by atoms with van der Waals surface area (Å²) in [4.78, 5) is 29.7. The van der Waals surface area contributed by atoms with Crippen molar-refractivity contribution in [3.8, 4) is 23.0 Å². The molecule has 0 saturated heterocycles. The summed E-state index contributed by atoms with van der Waals surface area (Å²) in [6.07, 6.45) is 4.19. The molecule has 1 heterocycles. The summed E-state index contributed by atoms with van der Waals surface area (Å²) in [6.45, 7) is 0.190. The molecule has 2 atom stereocenters. The number of nitrogens with zero attached hydrogens (tertiary/aromatic N) is 1. The van der Waals surface area contributed by atoms with E-state index in [1.165, 1.54) is 12.1 Å². The molecule has 5 rings (SSSR count). The van der Waals surface area contributed by atoms with Crippen molar-refractivity contribution in [1.29, 1.82) is 0 Å². The maximum Gasteiger partial charge on any atom is 0.268 e. The van der Waals surface area contributed by atoms with Crippen LogP contribution in [0.4, 0.5) is 0 Å². The Balaban J connectivity index is 1.50. The number of hydrogen-bond acceptors (Lipinski definition) is 6. The molecule has 204 valence electrons. The number of amides is 2. The van der Waals surface area contributed by atoms with Gasteiger partial charge in [0, 0.05) is 12.6 Å². The molecular formula is C31H34N2O6. The van der Waals surface area contributed by atoms with Crippen LogP contribution in [0.1, 0.15) is 49.3 Å². The highest BCUT2D eigenvalue weighted by Gasteiger charge is 2.38. The molecule has 2 unspecified atom stereocenters. The Hall–Kier alpha value is -4.20. The number of rotatable bonds is 8. The number of carbonyl (C=O) groups is 2. The summed E-state index contributed by atoms with van der Waals surface area (Å²) < 4.78 is 17.2. The standard InChI is InChI=1S/C31H34N2O6/c1-37-25-17-11-21(12-18-25)19-33(31(36)28-20-38-26-9-5-6-10-27(26)39-28)29(22-13-15-24(34)16-14-22)30(35)32-23-7-3-2-4-8-23/h5-6,9-18,23,28-29,34H,2-4,7-8,19-20H2,1H3,(H,32,35). The van der Waals surface area contributed by atoms with Gasteiger partial charge >= 0.3 is 0 Å². The number of aromatic hydroxyl groups is 1. The van der Waals surface area contributed by atoms with Crippen LogP contribution in [0.5, 0.6) is 23.0 Å². The smallest absolute Gasteiger partial charge is 0.268 e. The fraction of sp³-hybridized carbons (Fsp3) is 0.355. The number of ether oxygens (including phenoxy) is 3. The highest BCUT2D eigenvalue weighted by molar-refractivity contribution is 5.91. The minimum atomic E-state index is -0.942. The Labute approximate surface area is 228 Å². The summed E-state index contributed by atoms with van der Waals surface area (Å²) >= 11 is 0. The first kappa shape index (κ1) is 26.4. The number of phenols is 1.